The average molecular weight is 409 g/mol. The lowest BCUT2D eigenvalue weighted by Gasteiger charge is -2.19. The Balaban J connectivity index is 4.12. The van der Waals surface area contributed by atoms with E-state index < -0.39 is 18.4 Å². The maximum Gasteiger partial charge on any atom is 0.474 e. The second kappa shape index (κ2) is 7.88. The molecule has 0 saturated carbocycles. The number of alkyl halides is 4. The van der Waals surface area contributed by atoms with Crippen LogP contribution in [-0.4, -0.2) is 26.2 Å². The van der Waals surface area contributed by atoms with Crippen molar-refractivity contribution in [2.24, 2.45) is 0 Å². The molecule has 0 bridgehead atoms. The van der Waals surface area contributed by atoms with Crippen LogP contribution in [0.2, 0.25) is 0 Å². The predicted molar refractivity (Wildman–Crippen MR) is 68.1 cm³/mol. The summed E-state index contributed by atoms with van der Waals surface area (Å²) in [6.45, 7) is 1.75. The van der Waals surface area contributed by atoms with Gasteiger partial charge in [0, 0.05) is 17.1 Å². The summed E-state index contributed by atoms with van der Waals surface area (Å²) in [6, 6.07) is 0. The molecular formula is C6H11Br2Cl2O4P. The largest absolute Gasteiger partial charge is 0.474 e. The summed E-state index contributed by atoms with van der Waals surface area (Å²) in [5, 5.41) is -0.645. The highest BCUT2D eigenvalue weighted by Gasteiger charge is 2.30. The van der Waals surface area contributed by atoms with E-state index in [2.05, 4.69) is 36.4 Å². The third-order valence-electron chi connectivity index (χ3n) is 1.18. The standard InChI is InChI=1S/C6H11Br2Cl2O4P/c1-4(7)6(8)14-15(11,12)13-5(10)2-3-9/h4-6H,2-3H2,1H3,(H,11,12). The van der Waals surface area contributed by atoms with E-state index in [0.717, 1.165) is 0 Å². The van der Waals surface area contributed by atoms with E-state index >= 15 is 0 Å². The summed E-state index contributed by atoms with van der Waals surface area (Å²) >= 11 is 17.2. The summed E-state index contributed by atoms with van der Waals surface area (Å²) < 4.78 is 20.7. The van der Waals surface area contributed by atoms with E-state index in [1.807, 2.05) is 0 Å². The second-order valence-corrected chi connectivity index (χ2v) is 7.17. The highest BCUT2D eigenvalue weighted by Crippen LogP contribution is 2.48. The third-order valence-corrected chi connectivity index (χ3v) is 5.30. The summed E-state index contributed by atoms with van der Waals surface area (Å²) in [7, 11) is -4.16. The SMILES string of the molecule is CC(Br)C(Br)OP(=O)(O)OC(Cl)CCCl. The van der Waals surface area contributed by atoms with Crippen LogP contribution in [0.3, 0.4) is 0 Å². The molecule has 0 rings (SSSR count). The Hall–Kier alpha value is 1.65. The zero-order chi connectivity index (χ0) is 12.1. The second-order valence-electron chi connectivity index (χ2n) is 2.60. The number of phosphoric ester groups is 1. The van der Waals surface area contributed by atoms with Crippen molar-refractivity contribution in [1.29, 1.82) is 0 Å². The minimum absolute atomic E-state index is 0.150. The van der Waals surface area contributed by atoms with Crippen LogP contribution < -0.4 is 0 Å². The molecule has 15 heavy (non-hydrogen) atoms. The van der Waals surface area contributed by atoms with Gasteiger partial charge in [0.25, 0.3) is 0 Å². The zero-order valence-corrected chi connectivity index (χ0v) is 13.4. The van der Waals surface area contributed by atoms with Crippen LogP contribution in [0.1, 0.15) is 13.3 Å². The molecule has 0 aliphatic carbocycles. The monoisotopic (exact) mass is 406 g/mol. The van der Waals surface area contributed by atoms with Crippen LogP contribution in [0.5, 0.6) is 0 Å². The van der Waals surface area contributed by atoms with Crippen LogP contribution in [0.25, 0.3) is 0 Å². The molecular weight excluding hydrogens is 398 g/mol. The molecule has 0 amide bonds. The first kappa shape index (κ1) is 16.6. The van der Waals surface area contributed by atoms with E-state index in [0.29, 0.717) is 0 Å². The summed E-state index contributed by atoms with van der Waals surface area (Å²) in [4.78, 5) is 9.11. The molecule has 0 aromatic rings. The van der Waals surface area contributed by atoms with E-state index in [-0.39, 0.29) is 17.1 Å². The fourth-order valence-corrected chi connectivity index (χ4v) is 3.03. The third kappa shape index (κ3) is 8.38. The first-order valence-electron chi connectivity index (χ1n) is 3.96. The molecule has 0 radical (unpaired) electrons. The molecule has 1 N–H and O–H groups in total. The van der Waals surface area contributed by atoms with Crippen LogP contribution in [-0.2, 0) is 13.6 Å². The molecule has 4 nitrogen and oxygen atoms in total. The van der Waals surface area contributed by atoms with Gasteiger partial charge in [-0.3, -0.25) is 9.05 Å². The Labute approximate surface area is 115 Å². The predicted octanol–water partition coefficient (Wildman–Crippen LogP) is 3.82. The number of phosphoric acid groups is 1. The minimum Gasteiger partial charge on any atom is -0.302 e. The molecule has 0 aromatic carbocycles. The lowest BCUT2D eigenvalue weighted by atomic mass is 10.5. The van der Waals surface area contributed by atoms with Gasteiger partial charge < -0.3 is 4.89 Å². The normalized spacial score (nSPS) is 21.7. The molecule has 4 unspecified atom stereocenters. The van der Waals surface area contributed by atoms with Gasteiger partial charge in [-0.15, -0.1) is 11.6 Å². The number of hydrogen-bond acceptors (Lipinski definition) is 3. The molecule has 0 aromatic heterocycles. The van der Waals surface area contributed by atoms with Crippen molar-refractivity contribution < 1.29 is 18.5 Å². The Kier molecular flexibility index (Phi) is 8.74. The summed E-state index contributed by atoms with van der Waals surface area (Å²) in [5.41, 5.74) is -0.941. The molecule has 0 heterocycles. The Bertz CT molecular complexity index is 231. The lowest BCUT2D eigenvalue weighted by Crippen LogP contribution is -2.15. The minimum atomic E-state index is -4.16. The van der Waals surface area contributed by atoms with Crippen molar-refractivity contribution >= 4 is 62.9 Å². The van der Waals surface area contributed by atoms with Crippen molar-refractivity contribution in [3.05, 3.63) is 0 Å². The van der Waals surface area contributed by atoms with Crippen LogP contribution >= 0.6 is 62.9 Å². The molecule has 0 spiro atoms. The average Bonchev–Trinajstić information content (AvgIpc) is 2.01. The first-order valence-corrected chi connectivity index (χ1v) is 8.26. The van der Waals surface area contributed by atoms with Crippen molar-refractivity contribution in [2.45, 2.75) is 28.7 Å². The summed E-state index contributed by atoms with van der Waals surface area (Å²) in [5.74, 6) is 0.237. The highest BCUT2D eigenvalue weighted by molar-refractivity contribution is 9.12. The summed E-state index contributed by atoms with van der Waals surface area (Å²) in [6.07, 6.45) is 0.258. The quantitative estimate of drug-likeness (QED) is 0.514. The molecule has 0 fully saturated rings. The van der Waals surface area contributed by atoms with Gasteiger partial charge in [-0.25, -0.2) is 4.57 Å². The van der Waals surface area contributed by atoms with Gasteiger partial charge in [-0.05, 0) is 6.92 Å². The molecule has 9 heteroatoms. The van der Waals surface area contributed by atoms with Gasteiger partial charge in [0.1, 0.15) is 10.6 Å². The molecule has 0 aliphatic heterocycles. The van der Waals surface area contributed by atoms with Crippen molar-refractivity contribution in [3.8, 4) is 0 Å². The highest BCUT2D eigenvalue weighted by atomic mass is 79.9. The van der Waals surface area contributed by atoms with Gasteiger partial charge in [-0.2, -0.15) is 0 Å². The lowest BCUT2D eigenvalue weighted by molar-refractivity contribution is 0.129. The van der Waals surface area contributed by atoms with Gasteiger partial charge in [0.05, 0.1) is 0 Å². The van der Waals surface area contributed by atoms with E-state index in [1.54, 1.807) is 6.92 Å². The number of rotatable bonds is 7. The van der Waals surface area contributed by atoms with Crippen molar-refractivity contribution in [3.63, 3.8) is 0 Å². The molecule has 92 valence electrons. The van der Waals surface area contributed by atoms with Crippen LogP contribution in [0.15, 0.2) is 0 Å². The van der Waals surface area contributed by atoms with E-state index in [9.17, 15) is 9.46 Å². The molecule has 0 saturated heterocycles. The van der Waals surface area contributed by atoms with Gasteiger partial charge in [0.15, 0.2) is 0 Å². The number of hydrogen-bond donors (Lipinski definition) is 1. The number of halogens is 4. The van der Waals surface area contributed by atoms with Crippen molar-refractivity contribution in [2.75, 3.05) is 5.88 Å². The molecule has 0 aliphatic rings. The smallest absolute Gasteiger partial charge is 0.302 e. The van der Waals surface area contributed by atoms with E-state index in [1.165, 1.54) is 0 Å². The van der Waals surface area contributed by atoms with Gasteiger partial charge in [0.2, 0.25) is 0 Å². The van der Waals surface area contributed by atoms with E-state index in [4.69, 9.17) is 27.7 Å². The fraction of sp³-hybridized carbons (Fsp3) is 1.00. The Morgan fingerprint density at radius 3 is 2.40 bits per heavy atom. The fourth-order valence-electron chi connectivity index (χ4n) is 0.519. The zero-order valence-electron chi connectivity index (χ0n) is 7.78. The Morgan fingerprint density at radius 1 is 1.47 bits per heavy atom. The maximum atomic E-state index is 11.3. The first-order chi connectivity index (χ1) is 6.78. The van der Waals surface area contributed by atoms with Crippen LogP contribution in [0.4, 0.5) is 0 Å². The van der Waals surface area contributed by atoms with Gasteiger partial charge in [-0.1, -0.05) is 43.5 Å². The van der Waals surface area contributed by atoms with Gasteiger partial charge >= 0.3 is 7.82 Å². The maximum absolute atomic E-state index is 11.3. The van der Waals surface area contributed by atoms with Crippen LogP contribution in [0, 0.1) is 0 Å². The van der Waals surface area contributed by atoms with Crippen molar-refractivity contribution in [1.82, 2.24) is 0 Å². The Morgan fingerprint density at radius 2 is 2.00 bits per heavy atom. The molecule has 4 atom stereocenters. The topological polar surface area (TPSA) is 55.8 Å².